The second-order valence-electron chi connectivity index (χ2n) is 5.24. The normalized spacial score (nSPS) is 23.7. The molecule has 1 fully saturated rings. The van der Waals surface area contributed by atoms with Crippen LogP contribution in [0.2, 0.25) is 0 Å². The van der Waals surface area contributed by atoms with Crippen LogP contribution in [-0.4, -0.2) is 12.5 Å². The van der Waals surface area contributed by atoms with Gasteiger partial charge in [0.25, 0.3) is 5.91 Å². The largest absolute Gasteiger partial charge is 0.352 e. The highest BCUT2D eigenvalue weighted by Gasteiger charge is 2.21. The lowest BCUT2D eigenvalue weighted by Crippen LogP contribution is -2.33. The number of amides is 1. The van der Waals surface area contributed by atoms with E-state index in [-0.39, 0.29) is 5.91 Å². The first-order chi connectivity index (χ1) is 8.66. The van der Waals surface area contributed by atoms with Gasteiger partial charge in [-0.05, 0) is 65.1 Å². The summed E-state index contributed by atoms with van der Waals surface area (Å²) in [6.45, 7) is 3.13. The Morgan fingerprint density at radius 2 is 1.94 bits per heavy atom. The van der Waals surface area contributed by atoms with Gasteiger partial charge in [0.2, 0.25) is 0 Å². The predicted molar refractivity (Wildman–Crippen MR) is 82.6 cm³/mol. The number of hydrogen-bond donors (Lipinski definition) is 1. The van der Waals surface area contributed by atoms with Crippen LogP contribution in [0, 0.1) is 15.4 Å². The Balaban J connectivity index is 1.86. The fourth-order valence-electron chi connectivity index (χ4n) is 2.62. The lowest BCUT2D eigenvalue weighted by atomic mass is 9.80. The number of carbonyl (C=O) groups is 1. The van der Waals surface area contributed by atoms with Crippen molar-refractivity contribution in [2.75, 3.05) is 6.54 Å². The molecular formula is C15H20INO. The van der Waals surface area contributed by atoms with Gasteiger partial charge in [0.1, 0.15) is 0 Å². The molecule has 98 valence electrons. The topological polar surface area (TPSA) is 29.1 Å². The summed E-state index contributed by atoms with van der Waals surface area (Å²) in [7, 11) is 0. The third kappa shape index (κ3) is 3.70. The van der Waals surface area contributed by atoms with Gasteiger partial charge >= 0.3 is 0 Å². The highest BCUT2D eigenvalue weighted by atomic mass is 127. The van der Waals surface area contributed by atoms with E-state index in [0.29, 0.717) is 5.92 Å². The molecule has 0 spiro atoms. The number of rotatable bonds is 3. The van der Waals surface area contributed by atoms with E-state index in [2.05, 4.69) is 34.8 Å². The standard InChI is InChI=1S/C15H20INO/c1-11-4-2-3-5-13(11)10-17-15(18)12-6-8-14(16)9-7-12/h6-9,11,13H,2-5,10H2,1H3,(H,17,18). The SMILES string of the molecule is CC1CCCCC1CNC(=O)c1ccc(I)cc1. The molecule has 1 aliphatic carbocycles. The molecule has 0 aromatic heterocycles. The molecule has 0 heterocycles. The summed E-state index contributed by atoms with van der Waals surface area (Å²) in [6.07, 6.45) is 5.23. The number of carbonyl (C=O) groups excluding carboxylic acids is 1. The zero-order valence-corrected chi connectivity index (χ0v) is 12.9. The Morgan fingerprint density at radius 1 is 1.28 bits per heavy atom. The Bertz CT molecular complexity index is 401. The van der Waals surface area contributed by atoms with Crippen LogP contribution in [0.25, 0.3) is 0 Å². The summed E-state index contributed by atoms with van der Waals surface area (Å²) >= 11 is 2.25. The molecular weight excluding hydrogens is 337 g/mol. The van der Waals surface area contributed by atoms with Crippen molar-refractivity contribution in [3.8, 4) is 0 Å². The van der Waals surface area contributed by atoms with Gasteiger partial charge in [-0.15, -0.1) is 0 Å². The molecule has 2 atom stereocenters. The average Bonchev–Trinajstić information content (AvgIpc) is 2.38. The van der Waals surface area contributed by atoms with E-state index in [9.17, 15) is 4.79 Å². The fraction of sp³-hybridized carbons (Fsp3) is 0.533. The molecule has 1 aromatic rings. The molecule has 0 radical (unpaired) electrons. The summed E-state index contributed by atoms with van der Waals surface area (Å²) in [6, 6.07) is 7.72. The van der Waals surface area contributed by atoms with Gasteiger partial charge in [-0.2, -0.15) is 0 Å². The number of halogens is 1. The quantitative estimate of drug-likeness (QED) is 0.819. The van der Waals surface area contributed by atoms with Crippen molar-refractivity contribution in [2.45, 2.75) is 32.6 Å². The Kier molecular flexibility index (Phi) is 5.03. The number of hydrogen-bond acceptors (Lipinski definition) is 1. The second-order valence-corrected chi connectivity index (χ2v) is 6.48. The second kappa shape index (κ2) is 6.55. The van der Waals surface area contributed by atoms with Crippen molar-refractivity contribution < 1.29 is 4.79 Å². The predicted octanol–water partition coefficient (Wildman–Crippen LogP) is 3.85. The summed E-state index contributed by atoms with van der Waals surface area (Å²) in [5, 5.41) is 3.08. The van der Waals surface area contributed by atoms with Crippen molar-refractivity contribution >= 4 is 28.5 Å². The molecule has 1 aliphatic rings. The van der Waals surface area contributed by atoms with Gasteiger partial charge in [0, 0.05) is 15.7 Å². The van der Waals surface area contributed by atoms with Crippen LogP contribution in [0.15, 0.2) is 24.3 Å². The number of benzene rings is 1. The van der Waals surface area contributed by atoms with Gasteiger partial charge < -0.3 is 5.32 Å². The zero-order chi connectivity index (χ0) is 13.0. The van der Waals surface area contributed by atoms with Crippen LogP contribution in [0.1, 0.15) is 43.0 Å². The van der Waals surface area contributed by atoms with E-state index < -0.39 is 0 Å². The zero-order valence-electron chi connectivity index (χ0n) is 10.8. The molecule has 1 amide bonds. The van der Waals surface area contributed by atoms with E-state index in [0.717, 1.165) is 21.6 Å². The van der Waals surface area contributed by atoms with E-state index in [1.807, 2.05) is 24.3 Å². The van der Waals surface area contributed by atoms with Crippen molar-refractivity contribution in [3.63, 3.8) is 0 Å². The van der Waals surface area contributed by atoms with Crippen LogP contribution in [0.3, 0.4) is 0 Å². The van der Waals surface area contributed by atoms with Crippen molar-refractivity contribution in [1.29, 1.82) is 0 Å². The first-order valence-corrected chi connectivity index (χ1v) is 7.78. The summed E-state index contributed by atoms with van der Waals surface area (Å²) < 4.78 is 1.16. The molecule has 0 bridgehead atoms. The van der Waals surface area contributed by atoms with Crippen LogP contribution in [0.4, 0.5) is 0 Å². The van der Waals surface area contributed by atoms with Gasteiger partial charge in [-0.25, -0.2) is 0 Å². The van der Waals surface area contributed by atoms with Crippen LogP contribution >= 0.6 is 22.6 Å². The minimum atomic E-state index is 0.0594. The third-order valence-electron chi connectivity index (χ3n) is 3.92. The first-order valence-electron chi connectivity index (χ1n) is 6.70. The van der Waals surface area contributed by atoms with E-state index in [1.54, 1.807) is 0 Å². The molecule has 0 aliphatic heterocycles. The minimum absolute atomic E-state index is 0.0594. The maximum absolute atomic E-state index is 12.0. The van der Waals surface area contributed by atoms with Crippen LogP contribution < -0.4 is 5.32 Å². The third-order valence-corrected chi connectivity index (χ3v) is 4.64. The first kappa shape index (κ1) is 13.8. The van der Waals surface area contributed by atoms with Crippen molar-refractivity contribution in [2.24, 2.45) is 11.8 Å². The minimum Gasteiger partial charge on any atom is -0.352 e. The van der Waals surface area contributed by atoms with E-state index in [4.69, 9.17) is 0 Å². The molecule has 18 heavy (non-hydrogen) atoms. The van der Waals surface area contributed by atoms with Crippen molar-refractivity contribution in [3.05, 3.63) is 33.4 Å². The molecule has 0 saturated heterocycles. The van der Waals surface area contributed by atoms with Crippen LogP contribution in [-0.2, 0) is 0 Å². The summed E-state index contributed by atoms with van der Waals surface area (Å²) in [4.78, 5) is 12.0. The summed E-state index contributed by atoms with van der Waals surface area (Å²) in [5.41, 5.74) is 0.763. The molecule has 2 rings (SSSR count). The van der Waals surface area contributed by atoms with Crippen molar-refractivity contribution in [1.82, 2.24) is 5.32 Å². The Morgan fingerprint density at radius 3 is 2.61 bits per heavy atom. The number of nitrogens with one attached hydrogen (secondary N) is 1. The molecule has 1 saturated carbocycles. The van der Waals surface area contributed by atoms with Crippen LogP contribution in [0.5, 0.6) is 0 Å². The Labute approximate surface area is 123 Å². The molecule has 1 N–H and O–H groups in total. The van der Waals surface area contributed by atoms with Gasteiger partial charge in [-0.3, -0.25) is 4.79 Å². The maximum atomic E-state index is 12.0. The summed E-state index contributed by atoms with van der Waals surface area (Å²) in [5.74, 6) is 1.46. The molecule has 3 heteroatoms. The highest BCUT2D eigenvalue weighted by Crippen LogP contribution is 2.28. The van der Waals surface area contributed by atoms with Gasteiger partial charge in [-0.1, -0.05) is 26.2 Å². The fourth-order valence-corrected chi connectivity index (χ4v) is 2.98. The Hall–Kier alpha value is -0.580. The van der Waals surface area contributed by atoms with Gasteiger partial charge in [0.05, 0.1) is 0 Å². The average molecular weight is 357 g/mol. The smallest absolute Gasteiger partial charge is 0.251 e. The lowest BCUT2D eigenvalue weighted by molar-refractivity contribution is 0.0936. The lowest BCUT2D eigenvalue weighted by Gasteiger charge is -2.28. The maximum Gasteiger partial charge on any atom is 0.251 e. The van der Waals surface area contributed by atoms with E-state index in [1.165, 1.54) is 25.7 Å². The molecule has 1 aromatic carbocycles. The monoisotopic (exact) mass is 357 g/mol. The molecule has 2 nitrogen and oxygen atoms in total. The highest BCUT2D eigenvalue weighted by molar-refractivity contribution is 14.1. The van der Waals surface area contributed by atoms with E-state index >= 15 is 0 Å². The van der Waals surface area contributed by atoms with Gasteiger partial charge in [0.15, 0.2) is 0 Å². The molecule has 2 unspecified atom stereocenters.